The molecule has 0 radical (unpaired) electrons. The Labute approximate surface area is 217 Å². The molecule has 12 nitrogen and oxygen atoms in total. The van der Waals surface area contributed by atoms with Crippen molar-refractivity contribution in [2.24, 2.45) is 0 Å². The predicted octanol–water partition coefficient (Wildman–Crippen LogP) is 1.42. The van der Waals surface area contributed by atoms with Crippen molar-refractivity contribution in [3.8, 4) is 11.5 Å². The number of carboxylic acid groups (broad SMARTS) is 2. The van der Waals surface area contributed by atoms with Gasteiger partial charge in [0.05, 0.1) is 12.1 Å². The molecular formula is C24H31N3O9S. The highest BCUT2D eigenvalue weighted by molar-refractivity contribution is 8.00. The normalized spacial score (nSPS) is 19.9. The maximum absolute atomic E-state index is 12.6. The fourth-order valence-electron chi connectivity index (χ4n) is 4.17. The smallest absolute Gasteiger partial charge is 0.341 e. The molecule has 3 rings (SSSR count). The van der Waals surface area contributed by atoms with Gasteiger partial charge < -0.3 is 35.6 Å². The summed E-state index contributed by atoms with van der Waals surface area (Å²) in [6, 6.07) is 4.30. The maximum Gasteiger partial charge on any atom is 0.341 e. The second kappa shape index (κ2) is 13.7. The first-order chi connectivity index (χ1) is 17.7. The molecule has 2 aliphatic heterocycles. The van der Waals surface area contributed by atoms with Gasteiger partial charge in [-0.2, -0.15) is 11.8 Å². The molecule has 0 spiro atoms. The van der Waals surface area contributed by atoms with Crippen molar-refractivity contribution in [1.29, 1.82) is 0 Å². The van der Waals surface area contributed by atoms with E-state index in [1.54, 1.807) is 0 Å². The molecular weight excluding hydrogens is 506 g/mol. The number of amides is 3. The van der Waals surface area contributed by atoms with Crippen molar-refractivity contribution in [2.75, 3.05) is 25.5 Å². The SMILES string of the molecule is O=C(O)COc1cc(OCC(=O)O)cc(C(=O)CCCNC(=O)CCCC[C@@H]2SC[C@@H]3NC(=O)N[C@@H]32)c1. The van der Waals surface area contributed by atoms with Gasteiger partial charge in [-0.3, -0.25) is 9.59 Å². The summed E-state index contributed by atoms with van der Waals surface area (Å²) in [4.78, 5) is 57.7. The zero-order valence-corrected chi connectivity index (χ0v) is 21.0. The molecule has 0 saturated carbocycles. The van der Waals surface area contributed by atoms with Crippen LogP contribution in [-0.2, 0) is 14.4 Å². The van der Waals surface area contributed by atoms with Crippen LogP contribution in [-0.4, -0.2) is 82.7 Å². The van der Waals surface area contributed by atoms with Gasteiger partial charge in [0.15, 0.2) is 19.0 Å². The van der Waals surface area contributed by atoms with Crippen LogP contribution >= 0.6 is 11.8 Å². The number of ketones is 1. The van der Waals surface area contributed by atoms with Gasteiger partial charge >= 0.3 is 18.0 Å². The van der Waals surface area contributed by atoms with Crippen LogP contribution in [0.2, 0.25) is 0 Å². The van der Waals surface area contributed by atoms with Crippen LogP contribution in [0.1, 0.15) is 48.9 Å². The van der Waals surface area contributed by atoms with E-state index < -0.39 is 25.2 Å². The molecule has 0 aromatic heterocycles. The number of carboxylic acids is 2. The molecule has 202 valence electrons. The Morgan fingerprint density at radius 3 is 2.27 bits per heavy atom. The van der Waals surface area contributed by atoms with E-state index in [0.717, 1.165) is 25.0 Å². The molecule has 1 aromatic carbocycles. The molecule has 0 aliphatic carbocycles. The molecule has 13 heteroatoms. The van der Waals surface area contributed by atoms with Gasteiger partial charge in [0.1, 0.15) is 11.5 Å². The third-order valence-electron chi connectivity index (χ3n) is 5.91. The summed E-state index contributed by atoms with van der Waals surface area (Å²) in [5.74, 6) is -1.73. The molecule has 2 aliphatic rings. The second-order valence-electron chi connectivity index (χ2n) is 8.80. The van der Waals surface area contributed by atoms with Crippen LogP contribution in [0, 0.1) is 0 Å². The minimum atomic E-state index is -1.20. The lowest BCUT2D eigenvalue weighted by Crippen LogP contribution is -2.36. The minimum Gasteiger partial charge on any atom is -0.482 e. The Bertz CT molecular complexity index is 983. The third-order valence-corrected chi connectivity index (χ3v) is 7.42. The van der Waals surface area contributed by atoms with Crippen LogP contribution < -0.4 is 25.4 Å². The molecule has 0 bridgehead atoms. The standard InChI is InChI=1S/C24H31N3O9S/c28-18(14-8-15(35-11-21(30)31)10-16(9-14)36-12-22(32)33)4-3-7-25-20(29)6-2-1-5-19-23-17(13-37-19)26-24(34)27-23/h8-10,17,19,23H,1-7,11-13H2,(H,25,29)(H,30,31)(H,32,33)(H2,26,27,34)/t17-,19-,23-/m0/s1. The first kappa shape index (κ1) is 28.1. The average Bonchev–Trinajstić information content (AvgIpc) is 3.40. The Balaban J connectivity index is 1.35. The lowest BCUT2D eigenvalue weighted by molar-refractivity contribution is -0.140. The second-order valence-corrected chi connectivity index (χ2v) is 10.1. The summed E-state index contributed by atoms with van der Waals surface area (Å²) in [5.41, 5.74) is 0.190. The fourth-order valence-corrected chi connectivity index (χ4v) is 5.72. The van der Waals surface area contributed by atoms with E-state index in [1.807, 2.05) is 11.8 Å². The van der Waals surface area contributed by atoms with Gasteiger partial charge in [-0.25, -0.2) is 14.4 Å². The number of thioether (sulfide) groups is 1. The Hall–Kier alpha value is -3.48. The van der Waals surface area contributed by atoms with Crippen LogP contribution in [0.3, 0.4) is 0 Å². The van der Waals surface area contributed by atoms with E-state index in [4.69, 9.17) is 19.7 Å². The maximum atomic E-state index is 12.6. The average molecular weight is 538 g/mol. The molecule has 5 N–H and O–H groups in total. The fraction of sp³-hybridized carbons (Fsp3) is 0.542. The van der Waals surface area contributed by atoms with Gasteiger partial charge in [0.25, 0.3) is 0 Å². The van der Waals surface area contributed by atoms with Crippen molar-refractivity contribution in [3.63, 3.8) is 0 Å². The Morgan fingerprint density at radius 1 is 0.946 bits per heavy atom. The van der Waals surface area contributed by atoms with Gasteiger partial charge in [0.2, 0.25) is 5.91 Å². The number of carbonyl (C=O) groups excluding carboxylic acids is 3. The number of hydrogen-bond acceptors (Lipinski definition) is 8. The van der Waals surface area contributed by atoms with Crippen molar-refractivity contribution in [2.45, 2.75) is 55.9 Å². The molecule has 1 aromatic rings. The monoisotopic (exact) mass is 537 g/mol. The van der Waals surface area contributed by atoms with E-state index in [1.165, 1.54) is 18.2 Å². The summed E-state index contributed by atoms with van der Waals surface area (Å²) in [7, 11) is 0. The van der Waals surface area contributed by atoms with Crippen molar-refractivity contribution in [3.05, 3.63) is 23.8 Å². The number of fused-ring (bicyclic) bond motifs is 1. The highest BCUT2D eigenvalue weighted by Gasteiger charge is 2.42. The highest BCUT2D eigenvalue weighted by atomic mass is 32.2. The Morgan fingerprint density at radius 2 is 1.62 bits per heavy atom. The topological polar surface area (TPSA) is 180 Å². The zero-order valence-electron chi connectivity index (χ0n) is 20.2. The van der Waals surface area contributed by atoms with Gasteiger partial charge in [-0.15, -0.1) is 0 Å². The Kier molecular flexibility index (Phi) is 10.4. The van der Waals surface area contributed by atoms with Gasteiger partial charge in [-0.05, 0) is 31.4 Å². The van der Waals surface area contributed by atoms with E-state index in [-0.39, 0.29) is 53.3 Å². The quantitative estimate of drug-likeness (QED) is 0.118. The summed E-state index contributed by atoms with van der Waals surface area (Å²) in [6.45, 7) is -0.936. The molecule has 37 heavy (non-hydrogen) atoms. The molecule has 3 amide bonds. The van der Waals surface area contributed by atoms with E-state index >= 15 is 0 Å². The van der Waals surface area contributed by atoms with Crippen LogP contribution in [0.5, 0.6) is 11.5 Å². The van der Waals surface area contributed by atoms with E-state index in [2.05, 4.69) is 16.0 Å². The minimum absolute atomic E-state index is 0.0695. The van der Waals surface area contributed by atoms with Crippen LogP contribution in [0.15, 0.2) is 18.2 Å². The number of urea groups is 1. The number of hydrogen-bond donors (Lipinski definition) is 5. The molecule has 3 atom stereocenters. The first-order valence-corrected chi connectivity index (χ1v) is 13.1. The van der Waals surface area contributed by atoms with Crippen LogP contribution in [0.4, 0.5) is 4.79 Å². The summed E-state index contributed by atoms with van der Waals surface area (Å²) < 4.78 is 10.2. The van der Waals surface area contributed by atoms with E-state index in [9.17, 15) is 24.0 Å². The number of nitrogens with one attached hydrogen (secondary N) is 3. The lowest BCUT2D eigenvalue weighted by atomic mass is 10.0. The highest BCUT2D eigenvalue weighted by Crippen LogP contribution is 2.33. The number of Topliss-reactive ketones (excluding diaryl/α,β-unsaturated/α-hetero) is 1. The predicted molar refractivity (Wildman–Crippen MR) is 133 cm³/mol. The van der Waals surface area contributed by atoms with Gasteiger partial charge in [0, 0.05) is 42.0 Å². The number of rotatable bonds is 16. The zero-order chi connectivity index (χ0) is 26.8. The number of aliphatic carboxylic acids is 2. The largest absolute Gasteiger partial charge is 0.482 e. The first-order valence-electron chi connectivity index (χ1n) is 12.0. The van der Waals surface area contributed by atoms with E-state index in [0.29, 0.717) is 24.6 Å². The number of benzene rings is 1. The molecule has 0 unspecified atom stereocenters. The van der Waals surface area contributed by atoms with Crippen molar-refractivity contribution >= 4 is 41.4 Å². The summed E-state index contributed by atoms with van der Waals surface area (Å²) in [6.07, 6.45) is 3.45. The number of carbonyl (C=O) groups is 5. The molecule has 2 heterocycles. The number of ether oxygens (including phenoxy) is 2. The van der Waals surface area contributed by atoms with Gasteiger partial charge in [-0.1, -0.05) is 6.42 Å². The molecule has 2 saturated heterocycles. The summed E-state index contributed by atoms with van der Waals surface area (Å²) in [5, 5.41) is 26.6. The molecule has 2 fully saturated rings. The van der Waals surface area contributed by atoms with Crippen molar-refractivity contribution < 1.29 is 43.7 Å². The van der Waals surface area contributed by atoms with Crippen molar-refractivity contribution in [1.82, 2.24) is 16.0 Å². The third kappa shape index (κ3) is 9.16. The summed E-state index contributed by atoms with van der Waals surface area (Å²) >= 11 is 1.84. The lowest BCUT2D eigenvalue weighted by Gasteiger charge is -2.16. The van der Waals surface area contributed by atoms with Crippen LogP contribution in [0.25, 0.3) is 0 Å². The number of unbranched alkanes of at least 4 members (excludes halogenated alkanes) is 1.